The molecule has 1 saturated carbocycles. The minimum atomic E-state index is -1.66. The first-order chi connectivity index (χ1) is 10.3. The third-order valence-corrected chi connectivity index (χ3v) is 4.54. The largest absolute Gasteiger partial charge is 0.493 e. The van der Waals surface area contributed by atoms with Gasteiger partial charge >= 0.3 is 5.97 Å². The third-order valence-electron chi connectivity index (χ3n) is 4.54. The Kier molecular flexibility index (Phi) is 4.36. The number of carboxylic acids is 1. The van der Waals surface area contributed by atoms with E-state index in [4.69, 9.17) is 9.47 Å². The Morgan fingerprint density at radius 2 is 1.82 bits per heavy atom. The van der Waals surface area contributed by atoms with Gasteiger partial charge in [-0.3, -0.25) is 4.79 Å². The lowest BCUT2D eigenvalue weighted by Gasteiger charge is -2.28. The molecule has 0 radical (unpaired) electrons. The summed E-state index contributed by atoms with van der Waals surface area (Å²) in [6.45, 7) is 2.85. The molecule has 1 fully saturated rings. The van der Waals surface area contributed by atoms with E-state index in [2.05, 4.69) is 0 Å². The van der Waals surface area contributed by atoms with Gasteiger partial charge < -0.3 is 14.6 Å². The molecule has 1 aromatic carbocycles. The zero-order valence-electron chi connectivity index (χ0n) is 13.5. The maximum Gasteiger partial charge on any atom is 0.314 e. The van der Waals surface area contributed by atoms with E-state index >= 15 is 0 Å². The molecule has 0 aromatic heterocycles. The summed E-state index contributed by atoms with van der Waals surface area (Å²) in [5, 5.41) is 9.74. The van der Waals surface area contributed by atoms with E-state index in [-0.39, 0.29) is 0 Å². The number of rotatable bonds is 5. The van der Waals surface area contributed by atoms with Crippen LogP contribution in [0.3, 0.4) is 0 Å². The highest BCUT2D eigenvalue weighted by molar-refractivity contribution is 5.82. The van der Waals surface area contributed by atoms with E-state index in [9.17, 15) is 14.3 Å². The molecule has 4 nitrogen and oxygen atoms in total. The van der Waals surface area contributed by atoms with Gasteiger partial charge in [0, 0.05) is 5.56 Å². The van der Waals surface area contributed by atoms with Crippen molar-refractivity contribution < 1.29 is 23.8 Å². The second kappa shape index (κ2) is 5.78. The number of alkyl halides is 1. The Hall–Kier alpha value is -1.78. The highest BCUT2D eigenvalue weighted by Crippen LogP contribution is 2.47. The summed E-state index contributed by atoms with van der Waals surface area (Å²) in [5.74, 6) is -0.176. The number of aliphatic carboxylic acids is 1. The summed E-state index contributed by atoms with van der Waals surface area (Å²) in [5.41, 5.74) is -1.71. The van der Waals surface area contributed by atoms with Crippen LogP contribution in [0.4, 0.5) is 4.39 Å². The van der Waals surface area contributed by atoms with Gasteiger partial charge in [0.05, 0.1) is 19.6 Å². The Morgan fingerprint density at radius 3 is 2.23 bits per heavy atom. The van der Waals surface area contributed by atoms with Gasteiger partial charge in [-0.05, 0) is 44.4 Å². The Balaban J connectivity index is 2.70. The van der Waals surface area contributed by atoms with Crippen LogP contribution < -0.4 is 9.47 Å². The van der Waals surface area contributed by atoms with Gasteiger partial charge in [-0.1, -0.05) is 12.8 Å². The fraction of sp³-hybridized carbons (Fsp3) is 0.588. The number of carbonyl (C=O) groups is 1. The normalized spacial score (nSPS) is 17.3. The van der Waals surface area contributed by atoms with E-state index in [1.807, 2.05) is 0 Å². The Bertz CT molecular complexity index is 569. The van der Waals surface area contributed by atoms with Gasteiger partial charge in [0.2, 0.25) is 0 Å². The molecular formula is C17H23FO4. The number of methoxy groups -OCH3 is 2. The van der Waals surface area contributed by atoms with Gasteiger partial charge in [0.1, 0.15) is 5.67 Å². The minimum absolute atomic E-state index is 0.317. The standard InChI is InChI=1S/C17H23FO4/c1-16(2,18)12-9-11(10-13(21-3)14(12)22-4)17(15(19)20)7-5-6-8-17/h9-10H,5-8H2,1-4H3,(H,19,20). The molecule has 0 amide bonds. The summed E-state index contributed by atoms with van der Waals surface area (Å²) in [6.07, 6.45) is 2.83. The molecule has 0 saturated heterocycles. The highest BCUT2D eigenvalue weighted by atomic mass is 19.1. The Morgan fingerprint density at radius 1 is 1.23 bits per heavy atom. The molecule has 0 atom stereocenters. The van der Waals surface area contributed by atoms with Crippen LogP contribution in [0.5, 0.6) is 11.5 Å². The van der Waals surface area contributed by atoms with Crippen molar-refractivity contribution in [3.05, 3.63) is 23.3 Å². The van der Waals surface area contributed by atoms with Crippen LogP contribution >= 0.6 is 0 Å². The summed E-state index contributed by atoms with van der Waals surface area (Å²) in [6, 6.07) is 3.30. The highest BCUT2D eigenvalue weighted by Gasteiger charge is 2.44. The average Bonchev–Trinajstić information content (AvgIpc) is 2.95. The van der Waals surface area contributed by atoms with Crippen molar-refractivity contribution in [1.29, 1.82) is 0 Å². The van der Waals surface area contributed by atoms with Crippen molar-refractivity contribution in [2.24, 2.45) is 0 Å². The van der Waals surface area contributed by atoms with E-state index in [0.29, 0.717) is 35.5 Å². The zero-order chi connectivity index (χ0) is 16.5. The number of hydrogen-bond donors (Lipinski definition) is 1. The van der Waals surface area contributed by atoms with E-state index in [0.717, 1.165) is 12.8 Å². The Labute approximate surface area is 130 Å². The quantitative estimate of drug-likeness (QED) is 0.898. The number of ether oxygens (including phenoxy) is 2. The average molecular weight is 310 g/mol. The topological polar surface area (TPSA) is 55.8 Å². The molecule has 22 heavy (non-hydrogen) atoms. The number of hydrogen-bond acceptors (Lipinski definition) is 3. The van der Waals surface area contributed by atoms with Gasteiger partial charge in [0.25, 0.3) is 0 Å². The number of halogens is 1. The van der Waals surface area contributed by atoms with E-state index < -0.39 is 17.1 Å². The molecule has 0 bridgehead atoms. The number of benzene rings is 1. The monoisotopic (exact) mass is 310 g/mol. The molecule has 2 rings (SSSR count). The second-order valence-corrected chi connectivity index (χ2v) is 6.33. The lowest BCUT2D eigenvalue weighted by molar-refractivity contribution is -0.143. The molecular weight excluding hydrogens is 287 g/mol. The van der Waals surface area contributed by atoms with Crippen LogP contribution in [0.1, 0.15) is 50.7 Å². The van der Waals surface area contributed by atoms with E-state index in [1.54, 1.807) is 12.1 Å². The van der Waals surface area contributed by atoms with Crippen LogP contribution in [0.25, 0.3) is 0 Å². The van der Waals surface area contributed by atoms with Crippen molar-refractivity contribution in [3.63, 3.8) is 0 Å². The maximum absolute atomic E-state index is 14.6. The molecule has 1 aromatic rings. The predicted octanol–water partition coefficient (Wildman–Crippen LogP) is 3.80. The molecule has 0 spiro atoms. The van der Waals surface area contributed by atoms with Crippen LogP contribution in [0.2, 0.25) is 0 Å². The summed E-state index contributed by atoms with van der Waals surface area (Å²) >= 11 is 0. The zero-order valence-corrected chi connectivity index (χ0v) is 13.5. The van der Waals surface area contributed by atoms with Crippen LogP contribution in [0.15, 0.2) is 12.1 Å². The van der Waals surface area contributed by atoms with Gasteiger partial charge in [-0.25, -0.2) is 4.39 Å². The first-order valence-corrected chi connectivity index (χ1v) is 7.45. The smallest absolute Gasteiger partial charge is 0.314 e. The van der Waals surface area contributed by atoms with Crippen LogP contribution in [0, 0.1) is 0 Å². The summed E-state index contributed by atoms with van der Waals surface area (Å²) < 4.78 is 25.2. The maximum atomic E-state index is 14.6. The van der Waals surface area contributed by atoms with Crippen LogP contribution in [-0.4, -0.2) is 25.3 Å². The first-order valence-electron chi connectivity index (χ1n) is 7.45. The summed E-state index contributed by atoms with van der Waals surface area (Å²) in [7, 11) is 2.92. The van der Waals surface area contributed by atoms with Crippen LogP contribution in [-0.2, 0) is 15.9 Å². The van der Waals surface area contributed by atoms with Crippen molar-refractivity contribution in [2.75, 3.05) is 14.2 Å². The van der Waals surface area contributed by atoms with Gasteiger partial charge in [0.15, 0.2) is 11.5 Å². The fourth-order valence-corrected chi connectivity index (χ4v) is 3.29. The fourth-order valence-electron chi connectivity index (χ4n) is 3.29. The molecule has 0 heterocycles. The third kappa shape index (κ3) is 2.64. The molecule has 5 heteroatoms. The number of carboxylic acid groups (broad SMARTS) is 1. The lowest BCUT2D eigenvalue weighted by atomic mass is 9.77. The lowest BCUT2D eigenvalue weighted by Crippen LogP contribution is -2.33. The van der Waals surface area contributed by atoms with Crippen molar-refractivity contribution >= 4 is 5.97 Å². The summed E-state index contributed by atoms with van der Waals surface area (Å²) in [4.78, 5) is 11.9. The molecule has 1 aliphatic rings. The molecule has 0 unspecified atom stereocenters. The molecule has 1 N–H and O–H groups in total. The molecule has 0 aliphatic heterocycles. The molecule has 122 valence electrons. The minimum Gasteiger partial charge on any atom is -0.493 e. The van der Waals surface area contributed by atoms with Crippen molar-refractivity contribution in [3.8, 4) is 11.5 Å². The SMILES string of the molecule is COc1cc(C2(C(=O)O)CCCC2)cc(C(C)(C)F)c1OC. The predicted molar refractivity (Wildman–Crippen MR) is 81.5 cm³/mol. The van der Waals surface area contributed by atoms with Crippen molar-refractivity contribution in [1.82, 2.24) is 0 Å². The molecule has 1 aliphatic carbocycles. The van der Waals surface area contributed by atoms with Gasteiger partial charge in [-0.2, -0.15) is 0 Å². The van der Waals surface area contributed by atoms with Gasteiger partial charge in [-0.15, -0.1) is 0 Å². The van der Waals surface area contributed by atoms with E-state index in [1.165, 1.54) is 28.1 Å². The first kappa shape index (κ1) is 16.6. The van der Waals surface area contributed by atoms with Crippen molar-refractivity contribution in [2.45, 2.75) is 50.6 Å². The second-order valence-electron chi connectivity index (χ2n) is 6.33.